The highest BCUT2D eigenvalue weighted by molar-refractivity contribution is 6.09. The van der Waals surface area contributed by atoms with E-state index in [0.717, 1.165) is 11.3 Å². The molecule has 0 aromatic heterocycles. The molecule has 7 nitrogen and oxygen atoms in total. The molecule has 4 amide bonds. The van der Waals surface area contributed by atoms with Gasteiger partial charge in [-0.15, -0.1) is 0 Å². The standard InChI is InChI=1S/C19H27N3O4/c1-6-18(3,4)20-15(23)12-22-16(24)19(7-2,21-17(22)25)13-8-10-14(26-5)11-9-13/h8-11H,6-7,12H2,1-5H3,(H,20,23)(H,21,25). The number of benzene rings is 1. The van der Waals surface area contributed by atoms with E-state index in [9.17, 15) is 14.4 Å². The molecule has 142 valence electrons. The minimum atomic E-state index is -1.16. The summed E-state index contributed by atoms with van der Waals surface area (Å²) in [5.41, 5.74) is -0.895. The first-order chi connectivity index (χ1) is 12.2. The zero-order valence-electron chi connectivity index (χ0n) is 16.0. The molecule has 1 aliphatic heterocycles. The lowest BCUT2D eigenvalue weighted by atomic mass is 9.87. The minimum absolute atomic E-state index is 0.300. The summed E-state index contributed by atoms with van der Waals surface area (Å²) < 4.78 is 5.14. The average Bonchev–Trinajstić information content (AvgIpc) is 2.86. The Balaban J connectivity index is 2.23. The van der Waals surface area contributed by atoms with Crippen molar-refractivity contribution in [2.24, 2.45) is 0 Å². The molecule has 0 saturated carbocycles. The second-order valence-electron chi connectivity index (χ2n) is 7.09. The summed E-state index contributed by atoms with van der Waals surface area (Å²) in [6, 6.07) is 6.43. The summed E-state index contributed by atoms with van der Waals surface area (Å²) in [5.74, 6) is -0.114. The van der Waals surface area contributed by atoms with E-state index >= 15 is 0 Å². The largest absolute Gasteiger partial charge is 0.497 e. The molecule has 26 heavy (non-hydrogen) atoms. The fraction of sp³-hybridized carbons (Fsp3) is 0.526. The quantitative estimate of drug-likeness (QED) is 0.729. The molecule has 1 saturated heterocycles. The Morgan fingerprint density at radius 1 is 1.23 bits per heavy atom. The third-order valence-electron chi connectivity index (χ3n) is 4.95. The van der Waals surface area contributed by atoms with Crippen LogP contribution in [-0.2, 0) is 15.1 Å². The van der Waals surface area contributed by atoms with Gasteiger partial charge in [0.2, 0.25) is 5.91 Å². The number of methoxy groups -OCH3 is 1. The van der Waals surface area contributed by atoms with Gasteiger partial charge in [0.25, 0.3) is 5.91 Å². The van der Waals surface area contributed by atoms with Crippen LogP contribution in [0.15, 0.2) is 24.3 Å². The van der Waals surface area contributed by atoms with E-state index in [1.165, 1.54) is 0 Å². The summed E-state index contributed by atoms with van der Waals surface area (Å²) in [7, 11) is 1.56. The number of nitrogens with zero attached hydrogens (tertiary/aromatic N) is 1. The van der Waals surface area contributed by atoms with Gasteiger partial charge in [0.1, 0.15) is 17.8 Å². The number of amides is 4. The van der Waals surface area contributed by atoms with E-state index < -0.39 is 23.0 Å². The predicted octanol–water partition coefficient (Wildman–Crippen LogP) is 2.16. The monoisotopic (exact) mass is 361 g/mol. The van der Waals surface area contributed by atoms with Crippen LogP contribution < -0.4 is 15.4 Å². The molecule has 0 bridgehead atoms. The zero-order chi connectivity index (χ0) is 19.5. The minimum Gasteiger partial charge on any atom is -0.497 e. The van der Waals surface area contributed by atoms with Crippen LogP contribution in [0, 0.1) is 0 Å². The lowest BCUT2D eigenvalue weighted by Gasteiger charge is -2.27. The Morgan fingerprint density at radius 3 is 2.35 bits per heavy atom. The van der Waals surface area contributed by atoms with Gasteiger partial charge in [-0.05, 0) is 44.4 Å². The maximum absolute atomic E-state index is 13.0. The van der Waals surface area contributed by atoms with Crippen molar-refractivity contribution in [2.45, 2.75) is 51.6 Å². The van der Waals surface area contributed by atoms with Gasteiger partial charge in [0.05, 0.1) is 7.11 Å². The molecule has 1 aromatic rings. The number of ether oxygens (including phenoxy) is 1. The summed E-state index contributed by atoms with van der Waals surface area (Å²) in [6.07, 6.45) is 1.12. The van der Waals surface area contributed by atoms with Crippen LogP contribution in [0.1, 0.15) is 46.1 Å². The van der Waals surface area contributed by atoms with Gasteiger partial charge in [0, 0.05) is 5.54 Å². The van der Waals surface area contributed by atoms with E-state index in [2.05, 4.69) is 10.6 Å². The number of hydrogen-bond donors (Lipinski definition) is 2. The SMILES string of the molecule is CCC(C)(C)NC(=O)CN1C(=O)NC(CC)(c2ccc(OC)cc2)C1=O. The lowest BCUT2D eigenvalue weighted by Crippen LogP contribution is -2.49. The van der Waals surface area contributed by atoms with E-state index in [1.807, 2.05) is 27.7 Å². The van der Waals surface area contributed by atoms with Gasteiger partial charge in [-0.1, -0.05) is 26.0 Å². The summed E-state index contributed by atoms with van der Waals surface area (Å²) in [6.45, 7) is 7.27. The van der Waals surface area contributed by atoms with Crippen molar-refractivity contribution >= 4 is 17.8 Å². The van der Waals surface area contributed by atoms with Crippen LogP contribution in [-0.4, -0.2) is 41.9 Å². The lowest BCUT2D eigenvalue weighted by molar-refractivity contribution is -0.135. The van der Waals surface area contributed by atoms with Crippen molar-refractivity contribution in [1.82, 2.24) is 15.5 Å². The average molecular weight is 361 g/mol. The fourth-order valence-electron chi connectivity index (χ4n) is 2.93. The Kier molecular flexibility index (Phi) is 5.59. The van der Waals surface area contributed by atoms with E-state index in [4.69, 9.17) is 4.74 Å². The second kappa shape index (κ2) is 7.35. The van der Waals surface area contributed by atoms with Crippen LogP contribution in [0.4, 0.5) is 4.79 Å². The Hall–Kier alpha value is -2.57. The van der Waals surface area contributed by atoms with Gasteiger partial charge in [0.15, 0.2) is 0 Å². The molecule has 7 heteroatoms. The third kappa shape index (κ3) is 3.66. The molecule has 1 fully saturated rings. The van der Waals surface area contributed by atoms with E-state index in [-0.39, 0.29) is 12.5 Å². The van der Waals surface area contributed by atoms with Crippen molar-refractivity contribution in [3.8, 4) is 5.75 Å². The number of carbonyl (C=O) groups is 3. The molecule has 1 aliphatic rings. The molecule has 1 unspecified atom stereocenters. The van der Waals surface area contributed by atoms with Gasteiger partial charge in [-0.3, -0.25) is 14.5 Å². The number of nitrogens with one attached hydrogen (secondary N) is 2. The maximum atomic E-state index is 13.0. The molecule has 1 heterocycles. The molecule has 2 N–H and O–H groups in total. The maximum Gasteiger partial charge on any atom is 0.325 e. The molecule has 1 aromatic carbocycles. The Bertz CT molecular complexity index is 699. The summed E-state index contributed by atoms with van der Waals surface area (Å²) in [5, 5.41) is 5.61. The van der Waals surface area contributed by atoms with Crippen LogP contribution >= 0.6 is 0 Å². The topological polar surface area (TPSA) is 87.7 Å². The van der Waals surface area contributed by atoms with E-state index in [1.54, 1.807) is 31.4 Å². The number of rotatable bonds is 7. The number of urea groups is 1. The molecule has 0 spiro atoms. The highest BCUT2D eigenvalue weighted by Crippen LogP contribution is 2.33. The fourth-order valence-corrected chi connectivity index (χ4v) is 2.93. The van der Waals surface area contributed by atoms with Crippen molar-refractivity contribution in [3.05, 3.63) is 29.8 Å². The van der Waals surface area contributed by atoms with Crippen molar-refractivity contribution in [1.29, 1.82) is 0 Å². The summed E-state index contributed by atoms with van der Waals surface area (Å²) >= 11 is 0. The van der Waals surface area contributed by atoms with Crippen molar-refractivity contribution < 1.29 is 19.1 Å². The molecular formula is C19H27N3O4. The van der Waals surface area contributed by atoms with Crippen molar-refractivity contribution in [3.63, 3.8) is 0 Å². The Labute approximate surface area is 154 Å². The highest BCUT2D eigenvalue weighted by Gasteiger charge is 2.51. The first kappa shape index (κ1) is 19.8. The van der Waals surface area contributed by atoms with Gasteiger partial charge in [-0.2, -0.15) is 0 Å². The van der Waals surface area contributed by atoms with Gasteiger partial charge >= 0.3 is 6.03 Å². The first-order valence-electron chi connectivity index (χ1n) is 8.78. The smallest absolute Gasteiger partial charge is 0.325 e. The molecule has 1 atom stereocenters. The summed E-state index contributed by atoms with van der Waals surface area (Å²) in [4.78, 5) is 38.7. The predicted molar refractivity (Wildman–Crippen MR) is 97.7 cm³/mol. The van der Waals surface area contributed by atoms with Crippen LogP contribution in [0.5, 0.6) is 5.75 Å². The van der Waals surface area contributed by atoms with E-state index in [0.29, 0.717) is 17.7 Å². The van der Waals surface area contributed by atoms with Crippen molar-refractivity contribution in [2.75, 3.05) is 13.7 Å². The number of carbonyl (C=O) groups excluding carboxylic acids is 3. The molecule has 0 radical (unpaired) electrons. The second-order valence-corrected chi connectivity index (χ2v) is 7.09. The van der Waals surface area contributed by atoms with Gasteiger partial charge < -0.3 is 15.4 Å². The van der Waals surface area contributed by atoms with Crippen LogP contribution in [0.2, 0.25) is 0 Å². The first-order valence-corrected chi connectivity index (χ1v) is 8.78. The number of hydrogen-bond acceptors (Lipinski definition) is 4. The van der Waals surface area contributed by atoms with Crippen LogP contribution in [0.25, 0.3) is 0 Å². The Morgan fingerprint density at radius 2 is 1.85 bits per heavy atom. The zero-order valence-corrected chi connectivity index (χ0v) is 16.0. The third-order valence-corrected chi connectivity index (χ3v) is 4.95. The molecular weight excluding hydrogens is 334 g/mol. The normalized spacial score (nSPS) is 20.1. The van der Waals surface area contributed by atoms with Gasteiger partial charge in [-0.25, -0.2) is 4.79 Å². The molecule has 2 rings (SSSR count). The molecule has 0 aliphatic carbocycles. The number of imide groups is 1. The highest BCUT2D eigenvalue weighted by atomic mass is 16.5. The van der Waals surface area contributed by atoms with Crippen LogP contribution in [0.3, 0.4) is 0 Å².